The van der Waals surface area contributed by atoms with Crippen LogP contribution in [0.25, 0.3) is 0 Å². The normalized spacial score (nSPS) is 21.7. The number of hydrogen-bond donors (Lipinski definition) is 2. The fraction of sp³-hybridized carbons (Fsp3) is 0.421. The lowest BCUT2D eigenvalue weighted by Gasteiger charge is -2.46. The molecule has 8 heteroatoms. The average Bonchev–Trinajstić information content (AvgIpc) is 3.87. The summed E-state index contributed by atoms with van der Waals surface area (Å²) in [6.45, 7) is 5.11. The number of aliphatic carboxylic acids is 1. The summed E-state index contributed by atoms with van der Waals surface area (Å²) in [7, 11) is 0. The molecular formula is C38H43N3O5. The van der Waals surface area contributed by atoms with E-state index < -0.39 is 11.6 Å². The number of hydrogen-bond acceptors (Lipinski definition) is 5. The molecule has 3 aromatic carbocycles. The van der Waals surface area contributed by atoms with Crippen molar-refractivity contribution in [1.82, 2.24) is 10.2 Å². The number of carboxylic acids is 1. The van der Waals surface area contributed by atoms with E-state index in [2.05, 4.69) is 24.1 Å². The number of carbonyl (C=O) groups excluding carboxylic acids is 2. The Labute approximate surface area is 270 Å². The van der Waals surface area contributed by atoms with Crippen LogP contribution in [0.5, 0.6) is 5.75 Å². The molecule has 1 spiro atoms. The van der Waals surface area contributed by atoms with Crippen LogP contribution in [0.1, 0.15) is 91.9 Å². The fourth-order valence-electron chi connectivity index (χ4n) is 7.02. The summed E-state index contributed by atoms with van der Waals surface area (Å²) in [4.78, 5) is 45.4. The second kappa shape index (κ2) is 13.5. The van der Waals surface area contributed by atoms with E-state index >= 15 is 0 Å². The summed E-state index contributed by atoms with van der Waals surface area (Å²) in [5.74, 6) is 0.979. The van der Waals surface area contributed by atoms with E-state index in [1.54, 1.807) is 12.1 Å². The van der Waals surface area contributed by atoms with E-state index in [1.165, 1.54) is 0 Å². The lowest BCUT2D eigenvalue weighted by Crippen LogP contribution is -2.51. The highest BCUT2D eigenvalue weighted by Crippen LogP contribution is 2.53. The SMILES string of the molecule is CC(C)C1CCC2(CC1)N=C(c1ccc(OCc3ccccc3)cc1)C(=O)N2C(c1ccc(C(=O)NCCC(=O)O)cc1)C1CC1. The van der Waals surface area contributed by atoms with E-state index in [0.29, 0.717) is 35.6 Å². The minimum atomic E-state index is -0.955. The fourth-order valence-corrected chi connectivity index (χ4v) is 7.02. The number of carboxylic acid groups (broad SMARTS) is 1. The maximum absolute atomic E-state index is 14.5. The molecule has 2 fully saturated rings. The zero-order valence-corrected chi connectivity index (χ0v) is 26.7. The molecule has 0 radical (unpaired) electrons. The third-order valence-electron chi connectivity index (χ3n) is 9.83. The first-order chi connectivity index (χ1) is 22.2. The van der Waals surface area contributed by atoms with Gasteiger partial charge in [-0.1, -0.05) is 56.3 Å². The molecule has 2 N–H and O–H groups in total. The number of nitrogens with one attached hydrogen (secondary N) is 1. The molecular weight excluding hydrogens is 578 g/mol. The van der Waals surface area contributed by atoms with Crippen molar-refractivity contribution in [3.8, 4) is 5.75 Å². The molecule has 1 aliphatic heterocycles. The summed E-state index contributed by atoms with van der Waals surface area (Å²) in [5.41, 5.74) is 3.28. The van der Waals surface area contributed by atoms with E-state index in [4.69, 9.17) is 14.8 Å². The summed E-state index contributed by atoms with van der Waals surface area (Å²) >= 11 is 0. The van der Waals surface area contributed by atoms with Crippen molar-refractivity contribution in [2.24, 2.45) is 22.7 Å². The van der Waals surface area contributed by atoms with Gasteiger partial charge in [0.15, 0.2) is 0 Å². The molecule has 0 saturated heterocycles. The molecule has 8 nitrogen and oxygen atoms in total. The van der Waals surface area contributed by atoms with Crippen LogP contribution in [0.3, 0.4) is 0 Å². The number of benzene rings is 3. The number of carbonyl (C=O) groups is 3. The van der Waals surface area contributed by atoms with Gasteiger partial charge in [-0.2, -0.15) is 0 Å². The smallest absolute Gasteiger partial charge is 0.305 e. The van der Waals surface area contributed by atoms with Gasteiger partial charge in [0.1, 0.15) is 23.7 Å². The minimum absolute atomic E-state index is 0.0339. The van der Waals surface area contributed by atoms with Crippen LogP contribution < -0.4 is 10.1 Å². The lowest BCUT2D eigenvalue weighted by atomic mass is 9.76. The van der Waals surface area contributed by atoms with Crippen molar-refractivity contribution in [3.05, 3.63) is 101 Å². The number of rotatable bonds is 12. The van der Waals surface area contributed by atoms with Gasteiger partial charge in [-0.25, -0.2) is 0 Å². The van der Waals surface area contributed by atoms with E-state index in [-0.39, 0.29) is 30.8 Å². The van der Waals surface area contributed by atoms with Gasteiger partial charge in [0.25, 0.3) is 11.8 Å². The van der Waals surface area contributed by atoms with Gasteiger partial charge >= 0.3 is 5.97 Å². The van der Waals surface area contributed by atoms with Crippen LogP contribution in [-0.2, 0) is 16.2 Å². The number of aliphatic imine (C=N–C) groups is 1. The summed E-state index contributed by atoms with van der Waals surface area (Å²) in [6.07, 6.45) is 5.66. The molecule has 3 aromatic rings. The van der Waals surface area contributed by atoms with Crippen molar-refractivity contribution in [3.63, 3.8) is 0 Å². The molecule has 3 aliphatic rings. The Kier molecular flexibility index (Phi) is 9.24. The third-order valence-corrected chi connectivity index (χ3v) is 9.83. The first-order valence-electron chi connectivity index (χ1n) is 16.5. The lowest BCUT2D eigenvalue weighted by molar-refractivity contribution is -0.137. The Morgan fingerprint density at radius 3 is 2.22 bits per heavy atom. The van der Waals surface area contributed by atoms with Gasteiger partial charge in [-0.3, -0.25) is 19.4 Å². The summed E-state index contributed by atoms with van der Waals surface area (Å²) in [5, 5.41) is 11.6. The van der Waals surface area contributed by atoms with Crippen LogP contribution in [0.2, 0.25) is 0 Å². The first kappa shape index (κ1) is 31.5. The van der Waals surface area contributed by atoms with Gasteiger partial charge in [-0.05, 0) is 104 Å². The van der Waals surface area contributed by atoms with Crippen molar-refractivity contribution in [2.75, 3.05) is 6.54 Å². The Balaban J connectivity index is 1.26. The molecule has 46 heavy (non-hydrogen) atoms. The molecule has 240 valence electrons. The topological polar surface area (TPSA) is 108 Å². The largest absolute Gasteiger partial charge is 0.489 e. The van der Waals surface area contributed by atoms with Crippen LogP contribution >= 0.6 is 0 Å². The van der Waals surface area contributed by atoms with Crippen molar-refractivity contribution in [1.29, 1.82) is 0 Å². The molecule has 1 atom stereocenters. The van der Waals surface area contributed by atoms with Gasteiger partial charge in [0, 0.05) is 17.7 Å². The highest BCUT2D eigenvalue weighted by atomic mass is 16.5. The summed E-state index contributed by atoms with van der Waals surface area (Å²) in [6, 6.07) is 25.1. The van der Waals surface area contributed by atoms with Gasteiger partial charge in [0.05, 0.1) is 12.5 Å². The van der Waals surface area contributed by atoms with Crippen molar-refractivity contribution >= 4 is 23.5 Å². The van der Waals surface area contributed by atoms with Crippen LogP contribution in [0, 0.1) is 17.8 Å². The second-order valence-electron chi connectivity index (χ2n) is 13.3. The van der Waals surface area contributed by atoms with E-state index in [9.17, 15) is 14.4 Å². The van der Waals surface area contributed by atoms with Crippen molar-refractivity contribution < 1.29 is 24.2 Å². The Morgan fingerprint density at radius 1 is 0.935 bits per heavy atom. The second-order valence-corrected chi connectivity index (χ2v) is 13.3. The average molecular weight is 622 g/mol. The van der Waals surface area contributed by atoms with E-state index in [0.717, 1.165) is 61.0 Å². The van der Waals surface area contributed by atoms with Gasteiger partial charge < -0.3 is 20.1 Å². The quantitative estimate of drug-likeness (QED) is 0.231. The monoisotopic (exact) mass is 621 g/mol. The molecule has 6 rings (SSSR count). The number of nitrogens with zero attached hydrogens (tertiary/aromatic N) is 2. The molecule has 2 aliphatic carbocycles. The van der Waals surface area contributed by atoms with Crippen LogP contribution in [0.15, 0.2) is 83.9 Å². The molecule has 1 heterocycles. The predicted molar refractivity (Wildman–Crippen MR) is 177 cm³/mol. The zero-order chi connectivity index (χ0) is 32.3. The number of ether oxygens (including phenoxy) is 1. The molecule has 2 amide bonds. The Morgan fingerprint density at radius 2 is 1.61 bits per heavy atom. The maximum Gasteiger partial charge on any atom is 0.305 e. The third kappa shape index (κ3) is 6.86. The minimum Gasteiger partial charge on any atom is -0.489 e. The molecule has 0 aromatic heterocycles. The molecule has 0 bridgehead atoms. The van der Waals surface area contributed by atoms with Gasteiger partial charge in [0.2, 0.25) is 0 Å². The maximum atomic E-state index is 14.5. The zero-order valence-electron chi connectivity index (χ0n) is 26.7. The van der Waals surface area contributed by atoms with Crippen LogP contribution in [-0.4, -0.2) is 45.7 Å². The summed E-state index contributed by atoms with van der Waals surface area (Å²) < 4.78 is 6.01. The van der Waals surface area contributed by atoms with Gasteiger partial charge in [-0.15, -0.1) is 0 Å². The Bertz CT molecular complexity index is 1570. The molecule has 1 unspecified atom stereocenters. The standard InChI is InChI=1S/C38H43N3O5/c1-25(2)27-18-21-38(22-19-27)40-34(28-14-16-32(17-15-28)46-24-26-6-4-3-5-7-26)37(45)41(38)35(29-8-9-29)30-10-12-31(13-11-30)36(44)39-23-20-33(42)43/h3-7,10-17,25,27,29,35H,8-9,18-24H2,1-2H3,(H,39,44)(H,42,43). The molecule has 2 saturated carbocycles. The first-order valence-corrected chi connectivity index (χ1v) is 16.5. The number of amides is 2. The Hall–Kier alpha value is -4.46. The van der Waals surface area contributed by atoms with Crippen LogP contribution in [0.4, 0.5) is 0 Å². The van der Waals surface area contributed by atoms with Crippen molar-refractivity contribution in [2.45, 2.75) is 77.1 Å². The predicted octanol–water partition coefficient (Wildman–Crippen LogP) is 6.80. The highest BCUT2D eigenvalue weighted by molar-refractivity contribution is 6.46. The highest BCUT2D eigenvalue weighted by Gasteiger charge is 2.54. The van der Waals surface area contributed by atoms with E-state index in [1.807, 2.05) is 66.7 Å².